The van der Waals surface area contributed by atoms with Gasteiger partial charge in [-0.25, -0.2) is 19.9 Å². The summed E-state index contributed by atoms with van der Waals surface area (Å²) < 4.78 is 15.5. The van der Waals surface area contributed by atoms with Gasteiger partial charge in [-0.1, -0.05) is 175 Å². The summed E-state index contributed by atoms with van der Waals surface area (Å²) in [5, 5.41) is 28.3. The van der Waals surface area contributed by atoms with Crippen LogP contribution < -0.4 is 14.9 Å². The number of para-hydroxylation sites is 6. The molecule has 0 saturated carbocycles. The third-order valence-electron chi connectivity index (χ3n) is 15.8. The van der Waals surface area contributed by atoms with Gasteiger partial charge in [0.25, 0.3) is 0 Å². The van der Waals surface area contributed by atoms with Gasteiger partial charge in [0.05, 0.1) is 75.4 Å². The summed E-state index contributed by atoms with van der Waals surface area (Å²) in [7, 11) is 1.89. The van der Waals surface area contributed by atoms with E-state index in [4.69, 9.17) is 36.0 Å². The molecule has 0 atom stereocenters. The maximum Gasteiger partial charge on any atom is 0.488 e. The molecule has 0 spiro atoms. The van der Waals surface area contributed by atoms with Gasteiger partial charge in [0.15, 0.2) is 0 Å². The van der Waals surface area contributed by atoms with Crippen LogP contribution in [0.25, 0.3) is 132 Å². The van der Waals surface area contributed by atoms with Crippen molar-refractivity contribution in [3.8, 4) is 56.6 Å². The number of benzene rings is 10. The largest absolute Gasteiger partial charge is 0.496 e. The van der Waals surface area contributed by atoms with Gasteiger partial charge in [-0.2, -0.15) is 0 Å². The van der Waals surface area contributed by atoms with E-state index >= 15 is 0 Å². The highest BCUT2D eigenvalue weighted by Crippen LogP contribution is 2.37. The fourth-order valence-electron chi connectivity index (χ4n) is 11.7. The molecule has 12 heteroatoms. The van der Waals surface area contributed by atoms with Crippen LogP contribution in [0.4, 0.5) is 0 Å². The maximum absolute atomic E-state index is 9.42. The highest BCUT2D eigenvalue weighted by Gasteiger charge is 2.18. The third-order valence-corrected chi connectivity index (χ3v) is 16.0. The van der Waals surface area contributed by atoms with E-state index < -0.39 is 7.12 Å². The fourth-order valence-corrected chi connectivity index (χ4v) is 11.9. The zero-order chi connectivity index (χ0) is 58.3. The number of ether oxygens (including phenoxy) is 2. The van der Waals surface area contributed by atoms with Crippen molar-refractivity contribution in [1.82, 2.24) is 29.1 Å². The lowest BCUT2D eigenvalue weighted by Crippen LogP contribution is -2.29. The molecular formula is C74H52BClN6O4. The maximum atomic E-state index is 9.42. The van der Waals surface area contributed by atoms with E-state index in [1.807, 2.05) is 127 Å². The van der Waals surface area contributed by atoms with Gasteiger partial charge in [0.2, 0.25) is 0 Å². The summed E-state index contributed by atoms with van der Waals surface area (Å²) in [6.45, 7) is 0. The first-order valence-electron chi connectivity index (χ1n) is 28.2. The Bertz CT molecular complexity index is 5150. The molecule has 0 unspecified atom stereocenters. The highest BCUT2D eigenvalue weighted by atomic mass is 35.5. The molecule has 0 aliphatic rings. The minimum atomic E-state index is -1.46. The minimum absolute atomic E-state index is 0.467. The van der Waals surface area contributed by atoms with Crippen molar-refractivity contribution in [2.45, 2.75) is 0 Å². The number of aromatic nitrogens is 6. The Hall–Kier alpha value is -10.7. The highest BCUT2D eigenvalue weighted by molar-refractivity contribution is 6.58. The Morgan fingerprint density at radius 2 is 0.709 bits per heavy atom. The van der Waals surface area contributed by atoms with Crippen LogP contribution in [0, 0.1) is 0 Å². The topological polar surface area (TPSA) is 120 Å². The summed E-state index contributed by atoms with van der Waals surface area (Å²) in [6.07, 6.45) is 0. The van der Waals surface area contributed by atoms with Crippen LogP contribution in [0.1, 0.15) is 0 Å². The Morgan fingerprint density at radius 3 is 1.16 bits per heavy atom. The van der Waals surface area contributed by atoms with Crippen molar-refractivity contribution in [1.29, 1.82) is 0 Å². The zero-order valence-electron chi connectivity index (χ0n) is 46.8. The Kier molecular flexibility index (Phi) is 14.1. The van der Waals surface area contributed by atoms with Gasteiger partial charge in [-0.3, -0.25) is 0 Å². The van der Waals surface area contributed by atoms with Crippen molar-refractivity contribution in [2.75, 3.05) is 14.2 Å². The first-order chi connectivity index (χ1) is 42.3. The Morgan fingerprint density at radius 1 is 0.349 bits per heavy atom. The van der Waals surface area contributed by atoms with E-state index in [0.717, 1.165) is 111 Å². The second-order valence-corrected chi connectivity index (χ2v) is 21.2. The van der Waals surface area contributed by atoms with Crippen molar-refractivity contribution in [2.24, 2.45) is 0 Å². The minimum Gasteiger partial charge on any atom is -0.496 e. The molecule has 0 bridgehead atoms. The molecule has 2 N–H and O–H groups in total. The molecule has 6 aromatic heterocycles. The zero-order valence-corrected chi connectivity index (χ0v) is 47.5. The first-order valence-corrected chi connectivity index (χ1v) is 28.5. The van der Waals surface area contributed by atoms with Crippen LogP contribution in [0.3, 0.4) is 0 Å². The Labute approximate surface area is 500 Å². The summed E-state index contributed by atoms with van der Waals surface area (Å²) in [5.74, 6) is 1.60. The normalized spacial score (nSPS) is 11.3. The molecule has 0 saturated heterocycles. The SMILES string of the molecule is COc1ccccc1-c1ccc2ccc3ccc(-c4cccc(-n5c6ccccc6c6ccccc65)c4)nc3c2n1.COc1ccccc1-c1ccc2ccc3ccc(Cl)nc3c2n1.OB(O)c1cccc(-n2c3ccccc3c3ccccc32)c1. The molecule has 86 heavy (non-hydrogen) atoms. The molecule has 0 aliphatic heterocycles. The van der Waals surface area contributed by atoms with E-state index in [-0.39, 0.29) is 0 Å². The number of hydrogen-bond donors (Lipinski definition) is 2. The van der Waals surface area contributed by atoms with Crippen molar-refractivity contribution in [3.05, 3.63) is 272 Å². The summed E-state index contributed by atoms with van der Waals surface area (Å²) in [6, 6.07) is 90.0. The lowest BCUT2D eigenvalue weighted by Gasteiger charge is -2.12. The molecule has 10 nitrogen and oxygen atoms in total. The summed E-state index contributed by atoms with van der Waals surface area (Å²) >= 11 is 6.06. The number of hydrogen-bond acceptors (Lipinski definition) is 8. The van der Waals surface area contributed by atoms with E-state index in [1.165, 1.54) is 32.6 Å². The van der Waals surface area contributed by atoms with Crippen molar-refractivity contribution >= 4 is 111 Å². The van der Waals surface area contributed by atoms with Gasteiger partial charge >= 0.3 is 7.12 Å². The van der Waals surface area contributed by atoms with Gasteiger partial charge in [0.1, 0.15) is 16.7 Å². The van der Waals surface area contributed by atoms with Crippen LogP contribution in [-0.2, 0) is 0 Å². The number of pyridine rings is 4. The monoisotopic (exact) mass is 1130 g/mol. The van der Waals surface area contributed by atoms with E-state index in [2.05, 4.69) is 142 Å². The van der Waals surface area contributed by atoms with Crippen LogP contribution in [0.15, 0.2) is 267 Å². The number of nitrogens with zero attached hydrogens (tertiary/aromatic N) is 6. The quantitative estimate of drug-likeness (QED) is 0.0877. The van der Waals surface area contributed by atoms with E-state index in [1.54, 1.807) is 26.4 Å². The molecule has 412 valence electrons. The van der Waals surface area contributed by atoms with Crippen molar-refractivity contribution in [3.63, 3.8) is 0 Å². The standard InChI is InChI=1S/C37H25N3O.C19H13ClN2O.C18H14BNO2/c1-41-35-16-7-4-13-30(35)32-22-20-25-18-17-24-19-21-31(38-36(24)37(25)39-32)26-9-8-10-27(23-26)40-33-14-5-2-11-28(33)29-12-3-6-15-34(29)40;1-23-16-5-3-2-4-14(16)15-10-8-12-6-7-13-9-11-17(20)22-19(13)18(12)21-15;21-19(22)13-6-5-7-14(12-13)20-17-10-3-1-8-15(17)16-9-2-4-11-18(16)20/h2-23H,1H3;2-11H,1H3;1-12,21-22H. The second kappa shape index (κ2) is 22.8. The third kappa shape index (κ3) is 9.85. The van der Waals surface area contributed by atoms with E-state index in [9.17, 15) is 10.0 Å². The molecule has 0 fully saturated rings. The predicted octanol–water partition coefficient (Wildman–Crippen LogP) is 16.8. The van der Waals surface area contributed by atoms with Crippen LogP contribution >= 0.6 is 11.6 Å². The molecule has 16 aromatic rings. The number of fused-ring (bicyclic) bond motifs is 12. The second-order valence-electron chi connectivity index (χ2n) is 20.8. The lowest BCUT2D eigenvalue weighted by atomic mass is 9.80. The smallest absolute Gasteiger partial charge is 0.488 e. The van der Waals surface area contributed by atoms with Gasteiger partial charge < -0.3 is 28.7 Å². The average Bonchev–Trinajstić information content (AvgIpc) is 2.60. The molecule has 0 radical (unpaired) electrons. The van der Waals surface area contributed by atoms with Gasteiger partial charge in [-0.05, 0) is 109 Å². The molecule has 0 amide bonds. The molecule has 6 heterocycles. The Balaban J connectivity index is 0.000000123. The average molecular weight is 1140 g/mol. The molecular weight excluding hydrogens is 1080 g/mol. The first kappa shape index (κ1) is 53.3. The number of halogens is 1. The lowest BCUT2D eigenvalue weighted by molar-refractivity contribution is 0.416. The summed E-state index contributed by atoms with van der Waals surface area (Å²) in [5.41, 5.74) is 16.1. The van der Waals surface area contributed by atoms with Crippen LogP contribution in [0.5, 0.6) is 11.5 Å². The van der Waals surface area contributed by atoms with Crippen LogP contribution in [-0.4, -0.2) is 60.5 Å². The predicted molar refractivity (Wildman–Crippen MR) is 353 cm³/mol. The van der Waals surface area contributed by atoms with Crippen LogP contribution in [0.2, 0.25) is 5.15 Å². The fraction of sp³-hybridized carbons (Fsp3) is 0.0270. The number of methoxy groups -OCH3 is 2. The van der Waals surface area contributed by atoms with Gasteiger partial charge in [-0.15, -0.1) is 0 Å². The van der Waals surface area contributed by atoms with Crippen molar-refractivity contribution < 1.29 is 19.5 Å². The molecule has 10 aromatic carbocycles. The van der Waals surface area contributed by atoms with E-state index in [0.29, 0.717) is 10.6 Å². The van der Waals surface area contributed by atoms with Gasteiger partial charge in [0, 0.05) is 71.2 Å². The molecule has 0 aliphatic carbocycles. The molecule has 16 rings (SSSR count). The summed E-state index contributed by atoms with van der Waals surface area (Å²) in [4.78, 5) is 19.6. The number of rotatable bonds is 8.